The highest BCUT2D eigenvalue weighted by Crippen LogP contribution is 2.46. The van der Waals surface area contributed by atoms with Crippen LogP contribution in [0.15, 0.2) is 40.7 Å². The van der Waals surface area contributed by atoms with Crippen molar-refractivity contribution in [2.24, 2.45) is 17.3 Å². The second-order valence-electron chi connectivity index (χ2n) is 18.3. The summed E-state index contributed by atoms with van der Waals surface area (Å²) < 4.78 is 40.9. The van der Waals surface area contributed by atoms with Crippen LogP contribution in [0, 0.1) is 17.3 Å². The van der Waals surface area contributed by atoms with E-state index in [0.717, 1.165) is 30.8 Å². The fourth-order valence-corrected chi connectivity index (χ4v) is 11.2. The number of hydrogen-bond donors (Lipinski definition) is 4. The largest absolute Gasteiger partial charge is 0.495 e. The number of amides is 4. The van der Waals surface area contributed by atoms with Gasteiger partial charge >= 0.3 is 0 Å². The Bertz CT molecular complexity index is 2350. The van der Waals surface area contributed by atoms with Crippen molar-refractivity contribution in [2.45, 2.75) is 126 Å². The number of sulfonamides is 1. The summed E-state index contributed by atoms with van der Waals surface area (Å²) in [6.45, 7) is 9.36. The number of likely N-dealkylation sites (tertiary alicyclic amines) is 1. The van der Waals surface area contributed by atoms with Crippen LogP contribution in [0.3, 0.4) is 0 Å². The third kappa shape index (κ3) is 9.26. The molecule has 8 rings (SSSR count). The number of anilines is 1. The molecule has 1 aromatic carbocycles. The quantitative estimate of drug-likeness (QED) is 0.126. The minimum Gasteiger partial charge on any atom is -0.495 e. The highest BCUT2D eigenvalue weighted by molar-refractivity contribution is 9.10. The van der Waals surface area contributed by atoms with E-state index in [1.54, 1.807) is 13.2 Å². The number of aromatic nitrogens is 2. The van der Waals surface area contributed by atoms with Gasteiger partial charge in [-0.1, -0.05) is 39.7 Å². The number of fused-ring (bicyclic) bond motifs is 1. The number of ether oxygens (including phenoxy) is 2. The van der Waals surface area contributed by atoms with Gasteiger partial charge in [0.1, 0.15) is 40.9 Å². The van der Waals surface area contributed by atoms with Gasteiger partial charge in [0.15, 0.2) is 5.13 Å². The van der Waals surface area contributed by atoms with Gasteiger partial charge in [0.2, 0.25) is 27.7 Å². The van der Waals surface area contributed by atoms with E-state index in [1.807, 2.05) is 38.3 Å². The molecule has 4 amide bonds. The zero-order chi connectivity index (χ0) is 43.4. The number of halogens is 1. The first-order valence-electron chi connectivity index (χ1n) is 21.2. The van der Waals surface area contributed by atoms with E-state index in [-0.39, 0.29) is 25.3 Å². The molecule has 2 aromatic heterocycles. The molecule has 61 heavy (non-hydrogen) atoms. The lowest BCUT2D eigenvalue weighted by Gasteiger charge is -2.35. The summed E-state index contributed by atoms with van der Waals surface area (Å²) in [7, 11) is -2.34. The maximum atomic E-state index is 14.8. The van der Waals surface area contributed by atoms with Crippen molar-refractivity contribution in [1.82, 2.24) is 30.2 Å². The van der Waals surface area contributed by atoms with E-state index in [1.165, 1.54) is 35.2 Å². The minimum atomic E-state index is -3.91. The molecule has 4 saturated carbocycles. The predicted molar refractivity (Wildman–Crippen MR) is 236 cm³/mol. The predicted octanol–water partition coefficient (Wildman–Crippen LogP) is 5.83. The second-order valence-corrected chi connectivity index (χ2v) is 21.9. The summed E-state index contributed by atoms with van der Waals surface area (Å²) in [5, 5.41) is 12.1. The SMILES string of the molecule is C=C[C@@H]1C[C@]1(NC(=O)[C@@H]1C[C@@H](Oc2cc(-c3csc(NC4CCCC4)n3)nc3c(Br)c(OC)ccc23)CN1C(=O)[C@@H](NC(=O)CC1CC1)C(C)(C)C)C(=O)NS(=O)(=O)C1CC1. The molecule has 0 spiro atoms. The Morgan fingerprint density at radius 2 is 1.80 bits per heavy atom. The lowest BCUT2D eigenvalue weighted by Crippen LogP contribution is -2.60. The van der Waals surface area contributed by atoms with Crippen molar-refractivity contribution in [3.8, 4) is 22.9 Å². The van der Waals surface area contributed by atoms with Crippen LogP contribution in [0.4, 0.5) is 5.13 Å². The molecule has 18 heteroatoms. The highest BCUT2D eigenvalue weighted by Gasteiger charge is 2.62. The second kappa shape index (κ2) is 16.8. The van der Waals surface area contributed by atoms with Gasteiger partial charge in [-0.2, -0.15) is 0 Å². The molecular formula is C43H54BrN7O8S2. The van der Waals surface area contributed by atoms with Gasteiger partial charge < -0.3 is 30.3 Å². The molecule has 3 aromatic rings. The lowest BCUT2D eigenvalue weighted by molar-refractivity contribution is -0.144. The van der Waals surface area contributed by atoms with Crippen LogP contribution in [0.25, 0.3) is 22.3 Å². The normalized spacial score (nSPS) is 24.5. The van der Waals surface area contributed by atoms with Crippen molar-refractivity contribution < 1.29 is 37.1 Å². The van der Waals surface area contributed by atoms with Gasteiger partial charge in [-0.3, -0.25) is 23.9 Å². The van der Waals surface area contributed by atoms with E-state index in [0.29, 0.717) is 69.5 Å². The zero-order valence-electron chi connectivity index (χ0n) is 34.9. The Kier molecular flexibility index (Phi) is 11.9. The van der Waals surface area contributed by atoms with E-state index < -0.39 is 68.1 Å². The molecule has 4 aliphatic carbocycles. The van der Waals surface area contributed by atoms with Gasteiger partial charge in [0, 0.05) is 41.6 Å². The molecule has 0 radical (unpaired) electrons. The van der Waals surface area contributed by atoms with Gasteiger partial charge in [0.05, 0.1) is 34.6 Å². The number of pyridine rings is 1. The molecule has 5 fully saturated rings. The van der Waals surface area contributed by atoms with Crippen LogP contribution in [-0.2, 0) is 29.2 Å². The van der Waals surface area contributed by atoms with Gasteiger partial charge in [0.25, 0.3) is 5.91 Å². The van der Waals surface area contributed by atoms with E-state index in [9.17, 15) is 27.6 Å². The molecule has 1 saturated heterocycles. The maximum absolute atomic E-state index is 14.8. The van der Waals surface area contributed by atoms with Crippen LogP contribution in [0.1, 0.15) is 91.4 Å². The molecule has 5 atom stereocenters. The van der Waals surface area contributed by atoms with Crippen molar-refractivity contribution in [3.63, 3.8) is 0 Å². The minimum absolute atomic E-state index is 0.0230. The van der Waals surface area contributed by atoms with E-state index >= 15 is 0 Å². The standard InChI is InChI=1S/C43H54BrN7O8S2/c1-6-24-20-43(24,40(55)50-61(56,57)27-13-14-27)49-38(53)31-18-26(21-51(31)39(54)37(42(2,3)4)48-34(52)17-23-11-12-23)59-33-19-29(46-36-28(33)15-16-32(58-5)35(36)44)30-22-60-41(47-30)45-25-9-7-8-10-25/h6,15-16,19,22-27,31,37H,1,7-14,17-18,20-21H2,2-5H3,(H,45,47)(H,48,52)(H,49,53)(H,50,55)/t24-,26-,31+,37-,43-/m1/s1. The van der Waals surface area contributed by atoms with Gasteiger partial charge in [-0.15, -0.1) is 17.9 Å². The number of benzene rings is 1. The zero-order valence-corrected chi connectivity index (χ0v) is 38.1. The average Bonchev–Trinajstić information content (AvgIpc) is 4.18. The van der Waals surface area contributed by atoms with Crippen LogP contribution in [-0.4, -0.2) is 95.6 Å². The van der Waals surface area contributed by atoms with Crippen molar-refractivity contribution in [3.05, 3.63) is 40.7 Å². The smallest absolute Gasteiger partial charge is 0.259 e. The molecular weight excluding hydrogens is 887 g/mol. The monoisotopic (exact) mass is 939 g/mol. The lowest BCUT2D eigenvalue weighted by atomic mass is 9.85. The maximum Gasteiger partial charge on any atom is 0.259 e. The Balaban J connectivity index is 1.11. The number of methoxy groups -OCH3 is 1. The van der Waals surface area contributed by atoms with Crippen molar-refractivity contribution in [1.29, 1.82) is 0 Å². The fourth-order valence-electron chi connectivity index (χ4n) is 8.49. The third-order valence-corrected chi connectivity index (χ3v) is 15.9. The molecule has 5 aliphatic rings. The Morgan fingerprint density at radius 3 is 2.44 bits per heavy atom. The summed E-state index contributed by atoms with van der Waals surface area (Å²) in [5.74, 6) is -1.39. The fraction of sp³-hybridized carbons (Fsp3) is 0.581. The van der Waals surface area contributed by atoms with E-state index in [4.69, 9.17) is 19.4 Å². The number of nitrogens with one attached hydrogen (secondary N) is 4. The van der Waals surface area contributed by atoms with Crippen molar-refractivity contribution in [2.75, 3.05) is 19.0 Å². The average molecular weight is 941 g/mol. The summed E-state index contributed by atoms with van der Waals surface area (Å²) in [6.07, 6.45) is 8.71. The van der Waals surface area contributed by atoms with Crippen molar-refractivity contribution >= 4 is 77.0 Å². The molecule has 328 valence electrons. The summed E-state index contributed by atoms with van der Waals surface area (Å²) >= 11 is 5.19. The molecule has 4 N–H and O–H groups in total. The van der Waals surface area contributed by atoms with Crippen LogP contribution < -0.4 is 30.1 Å². The molecule has 1 aliphatic heterocycles. The number of nitrogens with zero attached hydrogens (tertiary/aromatic N) is 3. The van der Waals surface area contributed by atoms with Gasteiger partial charge in [-0.05, 0) is 84.3 Å². The molecule has 0 bridgehead atoms. The highest BCUT2D eigenvalue weighted by atomic mass is 79.9. The molecule has 0 unspecified atom stereocenters. The number of hydrogen-bond acceptors (Lipinski definition) is 12. The van der Waals surface area contributed by atoms with Crippen LogP contribution in [0.2, 0.25) is 0 Å². The summed E-state index contributed by atoms with van der Waals surface area (Å²) in [6, 6.07) is 3.71. The number of thiazole rings is 1. The Morgan fingerprint density at radius 1 is 1.07 bits per heavy atom. The first-order chi connectivity index (χ1) is 29.0. The summed E-state index contributed by atoms with van der Waals surface area (Å²) in [5.41, 5.74) is -0.529. The number of carbonyl (C=O) groups is 4. The molecule has 3 heterocycles. The number of carbonyl (C=O) groups excluding carboxylic acids is 4. The number of rotatable bonds is 16. The van der Waals surface area contributed by atoms with Gasteiger partial charge in [-0.25, -0.2) is 18.4 Å². The Labute approximate surface area is 368 Å². The molecule has 15 nitrogen and oxygen atoms in total. The van der Waals surface area contributed by atoms with Crippen LogP contribution in [0.5, 0.6) is 11.5 Å². The third-order valence-electron chi connectivity index (χ3n) is 12.5. The Hall–Kier alpha value is -4.29. The first-order valence-corrected chi connectivity index (χ1v) is 24.4. The van der Waals surface area contributed by atoms with E-state index in [2.05, 4.69) is 43.2 Å². The van der Waals surface area contributed by atoms with Crippen LogP contribution >= 0.6 is 27.3 Å². The topological polar surface area (TPSA) is 198 Å². The summed E-state index contributed by atoms with van der Waals surface area (Å²) in [4.78, 5) is 67.6. The first kappa shape index (κ1) is 43.4.